The first-order valence-electron chi connectivity index (χ1n) is 7.35. The maximum atomic E-state index is 11.9. The Bertz CT molecular complexity index is 808. The molecule has 2 rings (SSSR count). The van der Waals surface area contributed by atoms with Crippen LogP contribution in [0.5, 0.6) is 5.75 Å². The molecule has 1 amide bonds. The van der Waals surface area contributed by atoms with Gasteiger partial charge in [-0.1, -0.05) is 11.8 Å². The molecule has 12 heteroatoms. The number of esters is 1. The van der Waals surface area contributed by atoms with Crippen LogP contribution >= 0.6 is 11.8 Å². The summed E-state index contributed by atoms with van der Waals surface area (Å²) in [7, 11) is -3.32. The van der Waals surface area contributed by atoms with Crippen molar-refractivity contribution in [2.24, 2.45) is 5.10 Å². The van der Waals surface area contributed by atoms with Crippen LogP contribution in [0.15, 0.2) is 29.4 Å². The molecule has 0 aromatic heterocycles. The minimum atomic E-state index is -4.77. The van der Waals surface area contributed by atoms with Crippen molar-refractivity contribution < 1.29 is 32.0 Å². The summed E-state index contributed by atoms with van der Waals surface area (Å²) in [6.45, 7) is 1.36. The Labute approximate surface area is 154 Å². The number of methoxy groups -OCH3 is 1. The van der Waals surface area contributed by atoms with Gasteiger partial charge in [-0.05, 0) is 31.2 Å². The zero-order valence-electron chi connectivity index (χ0n) is 14.0. The molecule has 1 fully saturated rings. The van der Waals surface area contributed by atoms with Crippen LogP contribution in [-0.4, -0.2) is 60.9 Å². The van der Waals surface area contributed by atoms with Gasteiger partial charge in [0.25, 0.3) is 0 Å². The number of rotatable bonds is 7. The summed E-state index contributed by atoms with van der Waals surface area (Å²) < 4.78 is 43.1. The summed E-state index contributed by atoms with van der Waals surface area (Å²) in [5.74, 6) is -0.614. The Morgan fingerprint density at radius 3 is 2.58 bits per heavy atom. The fraction of sp³-hybridized carbons (Fsp3) is 0.357. The lowest BCUT2D eigenvalue weighted by atomic mass is 10.3. The summed E-state index contributed by atoms with van der Waals surface area (Å²) in [6, 6.07) is 5.70. The maximum absolute atomic E-state index is 11.9. The van der Waals surface area contributed by atoms with Gasteiger partial charge >= 0.3 is 16.3 Å². The second-order valence-corrected chi connectivity index (χ2v) is 7.06. The Hall–Kier alpha value is -2.31. The van der Waals surface area contributed by atoms with Crippen LogP contribution < -0.4 is 9.15 Å². The van der Waals surface area contributed by atoms with E-state index in [0.29, 0.717) is 10.2 Å². The van der Waals surface area contributed by atoms with E-state index in [0.717, 1.165) is 16.7 Å². The summed E-state index contributed by atoms with van der Waals surface area (Å²) >= 11 is 0.942. The van der Waals surface area contributed by atoms with Crippen molar-refractivity contribution in [1.82, 2.24) is 4.90 Å². The lowest BCUT2D eigenvalue weighted by molar-refractivity contribution is -0.145. The predicted octanol–water partition coefficient (Wildman–Crippen LogP) is 0.714. The highest BCUT2D eigenvalue weighted by Crippen LogP contribution is 2.25. The van der Waals surface area contributed by atoms with Gasteiger partial charge in [0, 0.05) is 0 Å². The highest BCUT2D eigenvalue weighted by molar-refractivity contribution is 8.15. The molecular weight excluding hydrogens is 386 g/mol. The van der Waals surface area contributed by atoms with Crippen molar-refractivity contribution in [2.75, 3.05) is 30.4 Å². The minimum Gasteiger partial charge on any atom is -0.497 e. The third-order valence-electron chi connectivity index (χ3n) is 3.14. The molecule has 0 radical (unpaired) electrons. The van der Waals surface area contributed by atoms with Crippen LogP contribution in [0.3, 0.4) is 0 Å². The number of carbonyl (C=O) groups excluding carboxylic acids is 2. The van der Waals surface area contributed by atoms with Crippen molar-refractivity contribution >= 4 is 44.8 Å². The molecule has 0 spiro atoms. The predicted molar refractivity (Wildman–Crippen MR) is 95.3 cm³/mol. The van der Waals surface area contributed by atoms with Crippen molar-refractivity contribution in [3.8, 4) is 5.75 Å². The van der Waals surface area contributed by atoms with E-state index >= 15 is 0 Å². The van der Waals surface area contributed by atoms with E-state index in [4.69, 9.17) is 9.47 Å². The van der Waals surface area contributed by atoms with E-state index in [2.05, 4.69) is 5.10 Å². The van der Waals surface area contributed by atoms with Crippen molar-refractivity contribution in [3.05, 3.63) is 24.3 Å². The summed E-state index contributed by atoms with van der Waals surface area (Å²) in [4.78, 5) is 24.6. The highest BCUT2D eigenvalue weighted by atomic mass is 32.2. The van der Waals surface area contributed by atoms with E-state index in [1.165, 1.54) is 31.4 Å². The first-order valence-corrected chi connectivity index (χ1v) is 9.73. The second-order valence-electron chi connectivity index (χ2n) is 4.87. The molecule has 1 saturated heterocycles. The molecule has 0 bridgehead atoms. The molecule has 0 unspecified atom stereocenters. The normalized spacial score (nSPS) is 16.0. The number of amidine groups is 1. The van der Waals surface area contributed by atoms with Gasteiger partial charge < -0.3 is 9.47 Å². The van der Waals surface area contributed by atoms with E-state index in [-0.39, 0.29) is 23.2 Å². The third-order valence-corrected chi connectivity index (χ3v) is 4.82. The fourth-order valence-electron chi connectivity index (χ4n) is 1.99. The maximum Gasteiger partial charge on any atom is 0.379 e. The number of ether oxygens (including phenoxy) is 2. The number of carbonyl (C=O) groups is 2. The van der Waals surface area contributed by atoms with Gasteiger partial charge in [0.15, 0.2) is 5.17 Å². The molecule has 10 nitrogen and oxygen atoms in total. The topological polar surface area (TPSA) is 126 Å². The summed E-state index contributed by atoms with van der Waals surface area (Å²) in [5, 5.41) is 3.80. The van der Waals surface area contributed by atoms with Crippen LogP contribution in [0.4, 0.5) is 5.69 Å². The molecular formula is C14H17N3O7S2. The molecule has 1 heterocycles. The zero-order valence-corrected chi connectivity index (χ0v) is 15.6. The number of hydrogen-bond donors (Lipinski definition) is 1. The summed E-state index contributed by atoms with van der Waals surface area (Å²) in [6.07, 6.45) is 0. The Morgan fingerprint density at radius 1 is 1.38 bits per heavy atom. The second kappa shape index (κ2) is 8.38. The SMILES string of the molecule is CCOC(=O)CN1C(=O)CSC1=NN(c1ccc(OC)cc1)S(=O)(=O)O. The highest BCUT2D eigenvalue weighted by Gasteiger charge is 2.33. The number of benzene rings is 1. The number of amides is 1. The molecule has 0 saturated carbocycles. The average molecular weight is 403 g/mol. The van der Waals surface area contributed by atoms with Crippen molar-refractivity contribution in [1.29, 1.82) is 0 Å². The lowest BCUT2D eigenvalue weighted by Gasteiger charge is -2.19. The number of thioether (sulfide) groups is 1. The third kappa shape index (κ3) is 4.86. The number of hydrogen-bond acceptors (Lipinski definition) is 8. The average Bonchev–Trinajstić information content (AvgIpc) is 2.92. The van der Waals surface area contributed by atoms with Crippen molar-refractivity contribution in [3.63, 3.8) is 0 Å². The van der Waals surface area contributed by atoms with Gasteiger partial charge in [-0.2, -0.15) is 8.42 Å². The van der Waals surface area contributed by atoms with Gasteiger partial charge in [0.1, 0.15) is 12.3 Å². The molecule has 1 aromatic rings. The summed E-state index contributed by atoms with van der Waals surface area (Å²) in [5.41, 5.74) is 0.0248. The van der Waals surface area contributed by atoms with Crippen LogP contribution in [0.2, 0.25) is 0 Å². The minimum absolute atomic E-state index is 0.0137. The Kier molecular flexibility index (Phi) is 6.45. The first kappa shape index (κ1) is 20.0. The van der Waals surface area contributed by atoms with Crippen LogP contribution in [0, 0.1) is 0 Å². The van der Waals surface area contributed by atoms with Gasteiger partial charge in [-0.3, -0.25) is 19.0 Å². The van der Waals surface area contributed by atoms with Crippen LogP contribution in [0.1, 0.15) is 6.92 Å². The van der Waals surface area contributed by atoms with Gasteiger partial charge in [0.2, 0.25) is 5.91 Å². The zero-order chi connectivity index (χ0) is 19.3. The Balaban J connectivity index is 2.35. The van der Waals surface area contributed by atoms with E-state index in [1.807, 2.05) is 0 Å². The van der Waals surface area contributed by atoms with Gasteiger partial charge in [0.05, 0.1) is 25.2 Å². The molecule has 1 aliphatic heterocycles. The van der Waals surface area contributed by atoms with E-state index in [1.54, 1.807) is 6.92 Å². The Morgan fingerprint density at radius 2 is 2.04 bits per heavy atom. The lowest BCUT2D eigenvalue weighted by Crippen LogP contribution is -2.37. The molecule has 0 atom stereocenters. The quantitative estimate of drug-likeness (QED) is 0.401. The molecule has 26 heavy (non-hydrogen) atoms. The molecule has 0 aliphatic carbocycles. The van der Waals surface area contributed by atoms with Crippen LogP contribution in [0.25, 0.3) is 0 Å². The number of hydrazone groups is 1. The fourth-order valence-corrected chi connectivity index (χ4v) is 3.48. The monoisotopic (exact) mass is 403 g/mol. The van der Waals surface area contributed by atoms with Crippen molar-refractivity contribution in [2.45, 2.75) is 6.92 Å². The smallest absolute Gasteiger partial charge is 0.379 e. The molecule has 142 valence electrons. The van der Waals surface area contributed by atoms with E-state index < -0.39 is 28.7 Å². The molecule has 1 N–H and O–H groups in total. The van der Waals surface area contributed by atoms with Crippen LogP contribution in [-0.2, 0) is 24.6 Å². The molecule has 1 aliphatic rings. The standard InChI is InChI=1S/C14H17N3O7S2/c1-3-24-13(19)8-16-12(18)9-25-14(16)15-17(26(20,21)22)10-4-6-11(23-2)7-5-10/h4-7H,3,8-9H2,1-2H3,(H,20,21,22). The van der Waals surface area contributed by atoms with E-state index in [9.17, 15) is 22.6 Å². The first-order chi connectivity index (χ1) is 12.3. The largest absolute Gasteiger partial charge is 0.497 e. The number of nitrogens with zero attached hydrogens (tertiary/aromatic N) is 3. The van der Waals surface area contributed by atoms with Gasteiger partial charge in [-0.25, -0.2) is 0 Å². The number of anilines is 1. The van der Waals surface area contributed by atoms with Gasteiger partial charge in [-0.15, -0.1) is 9.52 Å². The molecule has 1 aromatic carbocycles.